The zero-order valence-corrected chi connectivity index (χ0v) is 13.1. The molecule has 0 saturated carbocycles. The van der Waals surface area contributed by atoms with Crippen LogP contribution in [0.3, 0.4) is 0 Å². The van der Waals surface area contributed by atoms with Gasteiger partial charge in [0.2, 0.25) is 0 Å². The molecule has 2 N–H and O–H groups in total. The van der Waals surface area contributed by atoms with Crippen molar-refractivity contribution in [1.82, 2.24) is 4.90 Å². The van der Waals surface area contributed by atoms with Crippen molar-refractivity contribution in [2.24, 2.45) is 0 Å². The third kappa shape index (κ3) is 4.19. The molecule has 0 aliphatic carbocycles. The summed E-state index contributed by atoms with van der Waals surface area (Å²) in [5.74, 6) is 0. The number of benzene rings is 1. The summed E-state index contributed by atoms with van der Waals surface area (Å²) in [6.07, 6.45) is -0.479. The minimum Gasteiger partial charge on any atom is -0.389 e. The minimum atomic E-state index is -0.504. The molecule has 1 aromatic carbocycles. The van der Waals surface area contributed by atoms with Gasteiger partial charge in [0.15, 0.2) is 0 Å². The zero-order valence-electron chi connectivity index (χ0n) is 13.1. The Hall–Kier alpha value is -1.59. The van der Waals surface area contributed by atoms with Crippen molar-refractivity contribution in [3.63, 3.8) is 0 Å². The summed E-state index contributed by atoms with van der Waals surface area (Å²) < 4.78 is 5.80. The molecule has 1 saturated heterocycles. The van der Waals surface area contributed by atoms with Crippen molar-refractivity contribution < 1.29 is 14.6 Å². The van der Waals surface area contributed by atoms with E-state index in [1.54, 1.807) is 24.0 Å². The molecule has 5 heteroatoms. The van der Waals surface area contributed by atoms with Gasteiger partial charge in [-0.2, -0.15) is 0 Å². The van der Waals surface area contributed by atoms with Gasteiger partial charge in [-0.3, -0.25) is 0 Å². The highest BCUT2D eigenvalue weighted by atomic mass is 16.5. The zero-order chi connectivity index (χ0) is 15.6. The van der Waals surface area contributed by atoms with E-state index < -0.39 is 6.10 Å². The van der Waals surface area contributed by atoms with Crippen LogP contribution in [-0.4, -0.2) is 40.8 Å². The van der Waals surface area contributed by atoms with Crippen LogP contribution in [0.15, 0.2) is 24.3 Å². The van der Waals surface area contributed by atoms with Crippen LogP contribution in [0.2, 0.25) is 0 Å². The number of ether oxygens (including phenoxy) is 1. The Morgan fingerprint density at radius 2 is 2.05 bits per heavy atom. The number of aliphatic hydroxyl groups is 1. The predicted octanol–water partition coefficient (Wildman–Crippen LogP) is 2.77. The van der Waals surface area contributed by atoms with Crippen molar-refractivity contribution in [3.05, 3.63) is 29.8 Å². The van der Waals surface area contributed by atoms with E-state index in [9.17, 15) is 9.90 Å². The molecule has 1 aliphatic rings. The van der Waals surface area contributed by atoms with Gasteiger partial charge < -0.3 is 20.1 Å². The lowest BCUT2D eigenvalue weighted by molar-refractivity contribution is -0.116. The molecule has 1 fully saturated rings. The number of carbonyl (C=O) groups is 1. The van der Waals surface area contributed by atoms with E-state index in [1.165, 1.54) is 0 Å². The van der Waals surface area contributed by atoms with Crippen molar-refractivity contribution >= 4 is 11.7 Å². The second-order valence-electron chi connectivity index (χ2n) is 6.30. The van der Waals surface area contributed by atoms with E-state index in [2.05, 4.69) is 5.32 Å². The second-order valence-corrected chi connectivity index (χ2v) is 6.30. The summed E-state index contributed by atoms with van der Waals surface area (Å²) in [4.78, 5) is 14.1. The third-order valence-corrected chi connectivity index (χ3v) is 3.50. The SMILES string of the molecule is CC1CN(C(=O)Nc2ccc(C(C)O)cc2)CC(C)(C)O1. The second kappa shape index (κ2) is 6.03. The fourth-order valence-corrected chi connectivity index (χ4v) is 2.66. The van der Waals surface area contributed by atoms with Crippen LogP contribution in [0.1, 0.15) is 39.4 Å². The molecule has 0 spiro atoms. The molecule has 116 valence electrons. The van der Waals surface area contributed by atoms with Gasteiger partial charge in [-0.05, 0) is 45.4 Å². The van der Waals surface area contributed by atoms with Crippen LogP contribution < -0.4 is 5.32 Å². The standard InChI is InChI=1S/C16H24N2O3/c1-11-9-18(10-16(3,4)21-11)15(20)17-14-7-5-13(6-8-14)12(2)19/h5-8,11-12,19H,9-10H2,1-4H3,(H,17,20). The van der Waals surface area contributed by atoms with Gasteiger partial charge >= 0.3 is 6.03 Å². The highest BCUT2D eigenvalue weighted by molar-refractivity contribution is 5.89. The van der Waals surface area contributed by atoms with Gasteiger partial charge in [-0.15, -0.1) is 0 Å². The number of morpholine rings is 1. The number of nitrogens with zero attached hydrogens (tertiary/aromatic N) is 1. The van der Waals surface area contributed by atoms with E-state index >= 15 is 0 Å². The number of hydrogen-bond donors (Lipinski definition) is 2. The molecule has 0 bridgehead atoms. The molecule has 2 atom stereocenters. The molecule has 5 nitrogen and oxygen atoms in total. The highest BCUT2D eigenvalue weighted by Gasteiger charge is 2.33. The van der Waals surface area contributed by atoms with Crippen molar-refractivity contribution in [2.75, 3.05) is 18.4 Å². The number of rotatable bonds is 2. The highest BCUT2D eigenvalue weighted by Crippen LogP contribution is 2.22. The number of amides is 2. The van der Waals surface area contributed by atoms with Gasteiger partial charge in [0, 0.05) is 12.2 Å². The van der Waals surface area contributed by atoms with Crippen LogP contribution in [0, 0.1) is 0 Å². The Balaban J connectivity index is 2.00. The lowest BCUT2D eigenvalue weighted by atomic mass is 10.1. The molecule has 0 aromatic heterocycles. The fourth-order valence-electron chi connectivity index (χ4n) is 2.66. The maximum Gasteiger partial charge on any atom is 0.322 e. The van der Waals surface area contributed by atoms with Crippen LogP contribution in [-0.2, 0) is 4.74 Å². The van der Waals surface area contributed by atoms with Crippen LogP contribution >= 0.6 is 0 Å². The summed E-state index contributed by atoms with van der Waals surface area (Å²) >= 11 is 0. The molecule has 1 heterocycles. The topological polar surface area (TPSA) is 61.8 Å². The molecular formula is C16H24N2O3. The van der Waals surface area contributed by atoms with E-state index in [1.807, 2.05) is 32.9 Å². The molecule has 2 unspecified atom stereocenters. The van der Waals surface area contributed by atoms with Crippen molar-refractivity contribution in [3.8, 4) is 0 Å². The average molecular weight is 292 g/mol. The smallest absolute Gasteiger partial charge is 0.322 e. The Morgan fingerprint density at radius 3 is 2.57 bits per heavy atom. The molecule has 2 rings (SSSR count). The Labute approximate surface area is 125 Å². The fraction of sp³-hybridized carbons (Fsp3) is 0.562. The van der Waals surface area contributed by atoms with E-state index in [4.69, 9.17) is 4.74 Å². The summed E-state index contributed by atoms with van der Waals surface area (Å²) in [5, 5.41) is 12.4. The first kappa shape index (κ1) is 15.8. The molecule has 0 radical (unpaired) electrons. The lowest BCUT2D eigenvalue weighted by Crippen LogP contribution is -2.54. The number of hydrogen-bond acceptors (Lipinski definition) is 3. The molecule has 2 amide bonds. The first-order valence-corrected chi connectivity index (χ1v) is 7.28. The first-order valence-electron chi connectivity index (χ1n) is 7.28. The van der Waals surface area contributed by atoms with E-state index in [0.29, 0.717) is 13.1 Å². The van der Waals surface area contributed by atoms with Crippen LogP contribution in [0.5, 0.6) is 0 Å². The van der Waals surface area contributed by atoms with Gasteiger partial charge in [0.05, 0.1) is 24.4 Å². The molecule has 1 aromatic rings. The minimum absolute atomic E-state index is 0.0251. The number of aliphatic hydroxyl groups excluding tert-OH is 1. The monoisotopic (exact) mass is 292 g/mol. The number of carbonyl (C=O) groups excluding carboxylic acids is 1. The average Bonchev–Trinajstić information content (AvgIpc) is 2.36. The lowest BCUT2D eigenvalue weighted by Gasteiger charge is -2.41. The Bertz CT molecular complexity index is 497. The largest absolute Gasteiger partial charge is 0.389 e. The Morgan fingerprint density at radius 1 is 1.43 bits per heavy atom. The van der Waals surface area contributed by atoms with Crippen molar-refractivity contribution in [2.45, 2.75) is 45.5 Å². The van der Waals surface area contributed by atoms with E-state index in [-0.39, 0.29) is 17.7 Å². The summed E-state index contributed by atoms with van der Waals surface area (Å²) in [7, 11) is 0. The molecule has 21 heavy (non-hydrogen) atoms. The van der Waals surface area contributed by atoms with Crippen LogP contribution in [0.25, 0.3) is 0 Å². The quantitative estimate of drug-likeness (QED) is 0.881. The van der Waals surface area contributed by atoms with Gasteiger partial charge in [-0.1, -0.05) is 12.1 Å². The molecule has 1 aliphatic heterocycles. The van der Waals surface area contributed by atoms with E-state index in [0.717, 1.165) is 11.3 Å². The van der Waals surface area contributed by atoms with Gasteiger partial charge in [-0.25, -0.2) is 4.79 Å². The first-order chi connectivity index (χ1) is 9.77. The predicted molar refractivity (Wildman–Crippen MR) is 82.3 cm³/mol. The van der Waals surface area contributed by atoms with Gasteiger partial charge in [0.1, 0.15) is 0 Å². The maximum absolute atomic E-state index is 12.3. The summed E-state index contributed by atoms with van der Waals surface area (Å²) in [5.41, 5.74) is 1.22. The number of urea groups is 1. The number of anilines is 1. The number of nitrogens with one attached hydrogen (secondary N) is 1. The summed E-state index contributed by atoms with van der Waals surface area (Å²) in [6.45, 7) is 8.81. The van der Waals surface area contributed by atoms with Crippen LogP contribution in [0.4, 0.5) is 10.5 Å². The third-order valence-electron chi connectivity index (χ3n) is 3.50. The van der Waals surface area contributed by atoms with Gasteiger partial charge in [0.25, 0.3) is 0 Å². The maximum atomic E-state index is 12.3. The Kier molecular flexibility index (Phi) is 4.54. The molecular weight excluding hydrogens is 268 g/mol. The normalized spacial score (nSPS) is 22.7. The summed E-state index contributed by atoms with van der Waals surface area (Å²) in [6, 6.07) is 7.10. The van der Waals surface area contributed by atoms with Crippen molar-refractivity contribution in [1.29, 1.82) is 0 Å².